The number of carbonyl (C=O) groups excluding carboxylic acids is 1. The molecule has 1 rings (SSSR count). The van der Waals surface area contributed by atoms with Gasteiger partial charge in [0.05, 0.1) is 12.8 Å². The minimum atomic E-state index is 0.175. The Morgan fingerprint density at radius 1 is 1.47 bits per heavy atom. The van der Waals surface area contributed by atoms with Gasteiger partial charge in [0, 0.05) is 25.0 Å². The molecular formula is C13H18ClNO2. The van der Waals surface area contributed by atoms with Gasteiger partial charge < -0.3 is 9.64 Å². The fourth-order valence-corrected chi connectivity index (χ4v) is 1.71. The van der Waals surface area contributed by atoms with Gasteiger partial charge in [-0.05, 0) is 31.5 Å². The first-order valence-corrected chi connectivity index (χ1v) is 5.88. The maximum atomic E-state index is 11.0. The lowest BCUT2D eigenvalue weighted by atomic mass is 10.2. The standard InChI is InChI=1S/C13H18ClNO2/c1-9-7-13(17-4)12(8-11(9)14)15(3)6-5-10(2)16/h7-8H,5-6H2,1-4H3. The Hall–Kier alpha value is -1.22. The molecule has 0 heterocycles. The summed E-state index contributed by atoms with van der Waals surface area (Å²) in [6.07, 6.45) is 0.519. The van der Waals surface area contributed by atoms with Crippen LogP contribution in [-0.4, -0.2) is 26.5 Å². The van der Waals surface area contributed by atoms with Crippen LogP contribution in [0, 0.1) is 6.92 Å². The van der Waals surface area contributed by atoms with Gasteiger partial charge in [-0.2, -0.15) is 0 Å². The number of benzene rings is 1. The molecule has 1 aromatic rings. The van der Waals surface area contributed by atoms with Crippen molar-refractivity contribution in [1.29, 1.82) is 0 Å². The number of nitrogens with zero attached hydrogens (tertiary/aromatic N) is 1. The summed E-state index contributed by atoms with van der Waals surface area (Å²) in [7, 11) is 3.55. The van der Waals surface area contributed by atoms with Gasteiger partial charge in [-0.25, -0.2) is 0 Å². The zero-order chi connectivity index (χ0) is 13.0. The number of carbonyl (C=O) groups is 1. The van der Waals surface area contributed by atoms with Gasteiger partial charge in [0.25, 0.3) is 0 Å². The van der Waals surface area contributed by atoms with Crippen molar-refractivity contribution >= 4 is 23.1 Å². The molecular weight excluding hydrogens is 238 g/mol. The molecule has 0 N–H and O–H groups in total. The van der Waals surface area contributed by atoms with Crippen molar-refractivity contribution in [2.24, 2.45) is 0 Å². The van der Waals surface area contributed by atoms with Crippen LogP contribution >= 0.6 is 11.6 Å². The van der Waals surface area contributed by atoms with E-state index in [1.54, 1.807) is 14.0 Å². The summed E-state index contributed by atoms with van der Waals surface area (Å²) in [5, 5.41) is 0.704. The number of ketones is 1. The minimum absolute atomic E-state index is 0.175. The van der Waals surface area contributed by atoms with E-state index in [1.165, 1.54) is 0 Å². The van der Waals surface area contributed by atoms with Gasteiger partial charge in [-0.1, -0.05) is 11.6 Å². The second-order valence-corrected chi connectivity index (χ2v) is 4.55. The van der Waals surface area contributed by atoms with Gasteiger partial charge in [-0.15, -0.1) is 0 Å². The number of Topliss-reactive ketones (excluding diaryl/α,β-unsaturated/α-hetero) is 1. The van der Waals surface area contributed by atoms with Crippen molar-refractivity contribution in [1.82, 2.24) is 0 Å². The highest BCUT2D eigenvalue weighted by Crippen LogP contribution is 2.33. The van der Waals surface area contributed by atoms with Gasteiger partial charge in [0.2, 0.25) is 0 Å². The lowest BCUT2D eigenvalue weighted by molar-refractivity contribution is -0.116. The predicted molar refractivity (Wildman–Crippen MR) is 71.3 cm³/mol. The van der Waals surface area contributed by atoms with Crippen LogP contribution in [0.15, 0.2) is 12.1 Å². The molecule has 0 saturated heterocycles. The average molecular weight is 256 g/mol. The maximum Gasteiger partial charge on any atom is 0.142 e. The average Bonchev–Trinajstić information content (AvgIpc) is 2.28. The third-order valence-electron chi connectivity index (χ3n) is 2.67. The molecule has 0 saturated carbocycles. The van der Waals surface area contributed by atoms with Gasteiger partial charge in [-0.3, -0.25) is 4.79 Å². The van der Waals surface area contributed by atoms with Crippen LogP contribution in [0.25, 0.3) is 0 Å². The number of hydrogen-bond donors (Lipinski definition) is 0. The fraction of sp³-hybridized carbons (Fsp3) is 0.462. The van der Waals surface area contributed by atoms with E-state index in [4.69, 9.17) is 16.3 Å². The van der Waals surface area contributed by atoms with Crippen molar-refractivity contribution in [3.63, 3.8) is 0 Å². The first kappa shape index (κ1) is 13.8. The Balaban J connectivity index is 2.95. The molecule has 0 bridgehead atoms. The molecule has 0 aliphatic rings. The van der Waals surface area contributed by atoms with Crippen molar-refractivity contribution in [3.8, 4) is 5.75 Å². The normalized spacial score (nSPS) is 10.2. The van der Waals surface area contributed by atoms with Crippen LogP contribution in [0.1, 0.15) is 18.9 Å². The number of aryl methyl sites for hydroxylation is 1. The molecule has 0 aliphatic heterocycles. The predicted octanol–water partition coefficient (Wildman–Crippen LogP) is 3.07. The zero-order valence-corrected chi connectivity index (χ0v) is 11.5. The van der Waals surface area contributed by atoms with E-state index >= 15 is 0 Å². The number of hydrogen-bond acceptors (Lipinski definition) is 3. The smallest absolute Gasteiger partial charge is 0.142 e. The van der Waals surface area contributed by atoms with Crippen molar-refractivity contribution in [2.75, 3.05) is 25.6 Å². The first-order valence-electron chi connectivity index (χ1n) is 5.50. The van der Waals surface area contributed by atoms with Crippen molar-refractivity contribution < 1.29 is 9.53 Å². The SMILES string of the molecule is COc1cc(C)c(Cl)cc1N(C)CCC(C)=O. The van der Waals surface area contributed by atoms with Crippen molar-refractivity contribution in [3.05, 3.63) is 22.7 Å². The van der Waals surface area contributed by atoms with Crippen LogP contribution in [0.3, 0.4) is 0 Å². The van der Waals surface area contributed by atoms with E-state index < -0.39 is 0 Å². The zero-order valence-electron chi connectivity index (χ0n) is 10.7. The van der Waals surface area contributed by atoms with E-state index in [9.17, 15) is 4.79 Å². The number of methoxy groups -OCH3 is 1. The molecule has 94 valence electrons. The summed E-state index contributed by atoms with van der Waals surface area (Å²) < 4.78 is 5.32. The molecule has 0 spiro atoms. The van der Waals surface area contributed by atoms with E-state index in [2.05, 4.69) is 0 Å². The summed E-state index contributed by atoms with van der Waals surface area (Å²) in [6, 6.07) is 3.78. The fourth-order valence-electron chi connectivity index (χ4n) is 1.55. The largest absolute Gasteiger partial charge is 0.495 e. The third-order valence-corrected chi connectivity index (χ3v) is 3.08. The summed E-state index contributed by atoms with van der Waals surface area (Å²) in [5.41, 5.74) is 1.89. The highest BCUT2D eigenvalue weighted by atomic mass is 35.5. The molecule has 0 atom stereocenters. The van der Waals surface area contributed by atoms with E-state index in [1.807, 2.05) is 31.0 Å². The molecule has 3 nitrogen and oxygen atoms in total. The summed E-state index contributed by atoms with van der Waals surface area (Å²) in [4.78, 5) is 12.9. The lowest BCUT2D eigenvalue weighted by Crippen LogP contribution is -2.21. The van der Waals surface area contributed by atoms with E-state index in [0.717, 1.165) is 17.0 Å². The maximum absolute atomic E-state index is 11.0. The van der Waals surface area contributed by atoms with Crippen LogP contribution < -0.4 is 9.64 Å². The topological polar surface area (TPSA) is 29.5 Å². The quantitative estimate of drug-likeness (QED) is 0.810. The first-order chi connectivity index (χ1) is 7.95. The van der Waals surface area contributed by atoms with Crippen LogP contribution in [0.5, 0.6) is 5.75 Å². The summed E-state index contributed by atoms with van der Waals surface area (Å²) in [6.45, 7) is 4.18. The van der Waals surface area contributed by atoms with Crippen LogP contribution in [0.2, 0.25) is 5.02 Å². The molecule has 0 fully saturated rings. The second kappa shape index (κ2) is 5.92. The molecule has 0 aromatic heterocycles. The van der Waals surface area contributed by atoms with Gasteiger partial charge in [0.15, 0.2) is 0 Å². The summed E-state index contributed by atoms with van der Waals surface area (Å²) in [5.74, 6) is 0.951. The van der Waals surface area contributed by atoms with Crippen LogP contribution in [0.4, 0.5) is 5.69 Å². The van der Waals surface area contributed by atoms with E-state index in [-0.39, 0.29) is 5.78 Å². The molecule has 0 aliphatic carbocycles. The van der Waals surface area contributed by atoms with Crippen LogP contribution in [-0.2, 0) is 4.79 Å². The Bertz CT molecular complexity index is 418. The third kappa shape index (κ3) is 3.63. The number of anilines is 1. The van der Waals surface area contributed by atoms with Crippen molar-refractivity contribution in [2.45, 2.75) is 20.3 Å². The molecule has 17 heavy (non-hydrogen) atoms. The lowest BCUT2D eigenvalue weighted by Gasteiger charge is -2.22. The molecule has 0 unspecified atom stereocenters. The monoisotopic (exact) mass is 255 g/mol. The molecule has 0 amide bonds. The Labute approximate surface area is 107 Å². The highest BCUT2D eigenvalue weighted by molar-refractivity contribution is 6.31. The highest BCUT2D eigenvalue weighted by Gasteiger charge is 2.11. The Kier molecular flexibility index (Phi) is 4.82. The Morgan fingerprint density at radius 2 is 2.12 bits per heavy atom. The second-order valence-electron chi connectivity index (χ2n) is 4.15. The Morgan fingerprint density at radius 3 is 2.65 bits per heavy atom. The van der Waals surface area contributed by atoms with Gasteiger partial charge >= 0.3 is 0 Å². The van der Waals surface area contributed by atoms with E-state index in [0.29, 0.717) is 18.0 Å². The number of halogens is 1. The molecule has 4 heteroatoms. The minimum Gasteiger partial charge on any atom is -0.495 e. The number of ether oxygens (including phenoxy) is 1. The molecule has 1 aromatic carbocycles. The number of rotatable bonds is 5. The summed E-state index contributed by atoms with van der Waals surface area (Å²) >= 11 is 6.10. The molecule has 0 radical (unpaired) electrons. The van der Waals surface area contributed by atoms with Gasteiger partial charge in [0.1, 0.15) is 11.5 Å².